The first-order valence-corrected chi connectivity index (χ1v) is 13.0. The van der Waals surface area contributed by atoms with Gasteiger partial charge < -0.3 is 20.4 Å². The Bertz CT molecular complexity index is 1500. The lowest BCUT2D eigenvalue weighted by atomic mass is 10.1. The molecule has 0 saturated heterocycles. The number of benzene rings is 1. The van der Waals surface area contributed by atoms with Crippen LogP contribution in [-0.4, -0.2) is 59.7 Å². The molecule has 12 heteroatoms. The second-order valence-corrected chi connectivity index (χ2v) is 11.5. The van der Waals surface area contributed by atoms with Gasteiger partial charge in [-0.15, -0.1) is 0 Å². The van der Waals surface area contributed by atoms with E-state index < -0.39 is 27.8 Å². The first-order valence-electron chi connectivity index (χ1n) is 11.1. The van der Waals surface area contributed by atoms with Crippen molar-refractivity contribution in [2.75, 3.05) is 23.5 Å². The molecule has 3 aromatic rings. The fraction of sp³-hybridized carbons (Fsp3) is 0.391. The van der Waals surface area contributed by atoms with Gasteiger partial charge in [-0.05, 0) is 45.4 Å². The highest BCUT2D eigenvalue weighted by molar-refractivity contribution is 7.90. The normalized spacial score (nSPS) is 20.9. The highest BCUT2D eigenvalue weighted by atomic mass is 32.2. The molecule has 0 bridgehead atoms. The third kappa shape index (κ3) is 4.70. The maximum absolute atomic E-state index is 13.3. The van der Waals surface area contributed by atoms with Crippen LogP contribution in [0.3, 0.4) is 0 Å². The third-order valence-corrected chi connectivity index (χ3v) is 6.87. The van der Waals surface area contributed by atoms with Gasteiger partial charge in [-0.1, -0.05) is 0 Å². The molecule has 1 aliphatic carbocycles. The highest BCUT2D eigenvalue weighted by Gasteiger charge is 2.43. The number of fused-ring (bicyclic) bond motifs is 1. The van der Waals surface area contributed by atoms with Crippen molar-refractivity contribution in [1.29, 1.82) is 0 Å². The number of sulfone groups is 1. The van der Waals surface area contributed by atoms with Crippen LogP contribution in [0.5, 0.6) is 0 Å². The number of nitrogens with one attached hydrogen (secondary N) is 3. The molecule has 3 N–H and O–H groups in total. The van der Waals surface area contributed by atoms with Crippen molar-refractivity contribution in [3.63, 3.8) is 0 Å². The van der Waals surface area contributed by atoms with Gasteiger partial charge in [0.1, 0.15) is 29.9 Å². The van der Waals surface area contributed by atoms with Crippen molar-refractivity contribution in [3.05, 3.63) is 35.7 Å². The summed E-state index contributed by atoms with van der Waals surface area (Å²) in [5, 5.41) is 5.76. The number of carbonyl (C=O) groups excluding carboxylic acids is 1. The van der Waals surface area contributed by atoms with Crippen LogP contribution in [-0.2, 0) is 19.4 Å². The molecule has 1 aliphatic heterocycles. The number of amides is 1. The van der Waals surface area contributed by atoms with Crippen LogP contribution in [0.2, 0.25) is 0 Å². The number of rotatable bonds is 6. The molecule has 35 heavy (non-hydrogen) atoms. The van der Waals surface area contributed by atoms with Crippen LogP contribution in [0.15, 0.2) is 34.2 Å². The number of pyridine rings is 1. The smallest absolute Gasteiger partial charge is 0.231 e. The van der Waals surface area contributed by atoms with Crippen LogP contribution in [0.4, 0.5) is 21.6 Å². The summed E-state index contributed by atoms with van der Waals surface area (Å²) in [4.78, 5) is 28.6. The molecule has 10 nitrogen and oxygen atoms in total. The van der Waals surface area contributed by atoms with E-state index in [4.69, 9.17) is 4.74 Å². The number of hydrogen-bond acceptors (Lipinski definition) is 8. The predicted molar refractivity (Wildman–Crippen MR) is 130 cm³/mol. The molecule has 1 aromatic carbocycles. The largest absolute Gasteiger partial charge is 0.475 e. The summed E-state index contributed by atoms with van der Waals surface area (Å²) in [5.74, 6) is 0.0383. The fourth-order valence-corrected chi connectivity index (χ4v) is 4.72. The quantitative estimate of drug-likeness (QED) is 0.472. The van der Waals surface area contributed by atoms with Crippen LogP contribution in [0, 0.1) is 12.8 Å². The minimum Gasteiger partial charge on any atom is -0.475 e. The van der Waals surface area contributed by atoms with Gasteiger partial charge >= 0.3 is 0 Å². The number of imidazole rings is 1. The van der Waals surface area contributed by atoms with Crippen LogP contribution < -0.4 is 10.6 Å². The molecule has 0 spiro atoms. The Hall–Kier alpha value is -3.54. The Kier molecular flexibility index (Phi) is 5.31. The summed E-state index contributed by atoms with van der Waals surface area (Å²) >= 11 is 0. The van der Waals surface area contributed by atoms with Crippen LogP contribution in [0.1, 0.15) is 31.7 Å². The van der Waals surface area contributed by atoms with E-state index in [0.29, 0.717) is 46.4 Å². The topological polar surface area (TPSA) is 138 Å². The van der Waals surface area contributed by atoms with Gasteiger partial charge in [-0.2, -0.15) is 0 Å². The first kappa shape index (κ1) is 23.2. The summed E-state index contributed by atoms with van der Waals surface area (Å²) < 4.78 is 44.3. The molecule has 1 amide bonds. The number of nitrogens with zero attached hydrogens (tertiary/aromatic N) is 3. The molecule has 1 fully saturated rings. The zero-order valence-corrected chi connectivity index (χ0v) is 20.5. The van der Waals surface area contributed by atoms with Gasteiger partial charge in [0, 0.05) is 17.9 Å². The van der Waals surface area contributed by atoms with Crippen molar-refractivity contribution in [2.24, 2.45) is 10.9 Å². The fourth-order valence-electron chi connectivity index (χ4n) is 3.86. The Morgan fingerprint density at radius 3 is 2.60 bits per heavy atom. The van der Waals surface area contributed by atoms with E-state index in [9.17, 15) is 17.6 Å². The third-order valence-electron chi connectivity index (χ3n) is 5.74. The summed E-state index contributed by atoms with van der Waals surface area (Å²) in [6, 6.07) is 6.42. The summed E-state index contributed by atoms with van der Waals surface area (Å²) in [7, 11) is -3.65. The SMILES string of the molecule is Cc1nc2c(Nc3ccc(C4=NC(C)(C)CO4)cc3S(C)(=O)=O)cc(NC(=O)[C@@H]3C[C@@H]3F)nc2[nH]1. The average molecular weight is 501 g/mol. The number of anilines is 3. The van der Waals surface area contributed by atoms with Gasteiger partial charge in [0.2, 0.25) is 11.8 Å². The van der Waals surface area contributed by atoms with Crippen molar-refractivity contribution in [2.45, 2.75) is 43.8 Å². The van der Waals surface area contributed by atoms with Crippen LogP contribution >= 0.6 is 0 Å². The van der Waals surface area contributed by atoms with E-state index in [0.717, 1.165) is 6.26 Å². The number of aliphatic imine (C=N–C) groups is 1. The van der Waals surface area contributed by atoms with Crippen molar-refractivity contribution in [1.82, 2.24) is 15.0 Å². The summed E-state index contributed by atoms with van der Waals surface area (Å²) in [6.07, 6.45) is 0.174. The van der Waals surface area contributed by atoms with Crippen molar-refractivity contribution < 1.29 is 22.3 Å². The molecule has 184 valence electrons. The minimum atomic E-state index is -3.65. The average Bonchev–Trinajstić information content (AvgIpc) is 3.20. The van der Waals surface area contributed by atoms with E-state index in [1.807, 2.05) is 13.8 Å². The molecule has 0 unspecified atom stereocenters. The molecule has 2 aliphatic rings. The molecule has 2 atom stereocenters. The van der Waals surface area contributed by atoms with Crippen molar-refractivity contribution >= 4 is 50.0 Å². The zero-order valence-electron chi connectivity index (χ0n) is 19.6. The second-order valence-electron chi connectivity index (χ2n) is 9.55. The summed E-state index contributed by atoms with van der Waals surface area (Å²) in [6.45, 7) is 6.02. The monoisotopic (exact) mass is 500 g/mol. The standard InChI is InChI=1S/C23H25FN6O4S/c1-11-25-19-16(9-18(28-20(19)26-11)29-21(31)13-8-14(13)24)27-15-6-5-12(7-17(15)35(4,32)33)22-30-23(2,3)10-34-22/h5-7,9,13-14H,8,10H2,1-4H3,(H3,25,26,27,28,29,31)/t13-,14+/m1/s1. The summed E-state index contributed by atoms with van der Waals surface area (Å²) in [5.41, 5.74) is 1.76. The Morgan fingerprint density at radius 2 is 1.97 bits per heavy atom. The number of aromatic nitrogens is 3. The number of aromatic amines is 1. The number of H-pyrrole nitrogens is 1. The minimum absolute atomic E-state index is 0.0482. The Morgan fingerprint density at radius 1 is 1.23 bits per heavy atom. The highest BCUT2D eigenvalue weighted by Crippen LogP contribution is 2.36. The van der Waals surface area contributed by atoms with Gasteiger partial charge in [0.05, 0.1) is 27.7 Å². The maximum Gasteiger partial charge on any atom is 0.231 e. The Balaban J connectivity index is 1.54. The van der Waals surface area contributed by atoms with Crippen LogP contribution in [0.25, 0.3) is 11.2 Å². The lowest BCUT2D eigenvalue weighted by Gasteiger charge is -2.14. The second kappa shape index (κ2) is 8.01. The number of hydrogen-bond donors (Lipinski definition) is 3. The molecule has 2 aromatic heterocycles. The Labute approximate surface area is 201 Å². The number of halogens is 1. The van der Waals surface area contributed by atoms with E-state index in [1.165, 1.54) is 6.07 Å². The molecule has 0 radical (unpaired) electrons. The van der Waals surface area contributed by atoms with E-state index in [1.54, 1.807) is 25.1 Å². The van der Waals surface area contributed by atoms with Gasteiger partial charge in [-0.3, -0.25) is 4.79 Å². The van der Waals surface area contributed by atoms with Gasteiger partial charge in [-0.25, -0.2) is 27.8 Å². The first-order chi connectivity index (χ1) is 16.4. The number of carbonyl (C=O) groups is 1. The van der Waals surface area contributed by atoms with E-state index in [2.05, 4.69) is 30.6 Å². The number of alkyl halides is 1. The molecule has 5 rings (SSSR count). The van der Waals surface area contributed by atoms with Gasteiger partial charge in [0.15, 0.2) is 15.5 Å². The van der Waals surface area contributed by atoms with Gasteiger partial charge in [0.25, 0.3) is 0 Å². The molecular weight excluding hydrogens is 475 g/mol. The maximum atomic E-state index is 13.3. The lowest BCUT2D eigenvalue weighted by molar-refractivity contribution is -0.117. The number of aryl methyl sites for hydroxylation is 1. The van der Waals surface area contributed by atoms with E-state index in [-0.39, 0.29) is 22.7 Å². The molecular formula is C23H25FN6O4S. The zero-order chi connectivity index (χ0) is 25.1. The predicted octanol–water partition coefficient (Wildman–Crippen LogP) is 3.27. The lowest BCUT2D eigenvalue weighted by Crippen LogP contribution is -2.17. The van der Waals surface area contributed by atoms with Crippen molar-refractivity contribution in [3.8, 4) is 0 Å². The molecule has 1 saturated carbocycles. The molecule has 3 heterocycles. The van der Waals surface area contributed by atoms with E-state index >= 15 is 0 Å². The number of ether oxygens (including phenoxy) is 1.